The topological polar surface area (TPSA) is 88.8 Å². The third-order valence-electron chi connectivity index (χ3n) is 1.87. The Labute approximate surface area is 96.6 Å². The number of thioether (sulfide) groups is 1. The first-order valence-electron chi connectivity index (χ1n) is 4.57. The summed E-state index contributed by atoms with van der Waals surface area (Å²) in [6.45, 7) is 0. The Hall–Kier alpha value is -1.82. The van der Waals surface area contributed by atoms with Crippen LogP contribution in [0.4, 0.5) is 0 Å². The van der Waals surface area contributed by atoms with E-state index in [0.717, 1.165) is 5.56 Å². The first kappa shape index (κ1) is 10.7. The Morgan fingerprint density at radius 1 is 1.44 bits per heavy atom. The lowest BCUT2D eigenvalue weighted by atomic mass is 10.2. The molecule has 0 aliphatic heterocycles. The summed E-state index contributed by atoms with van der Waals surface area (Å²) >= 11 is 1.48. The average molecular weight is 234 g/mol. The molecule has 0 fully saturated rings. The van der Waals surface area contributed by atoms with Gasteiger partial charge in [0.25, 0.3) is 5.22 Å². The number of nitrogens with two attached hydrogens (primary N) is 1. The van der Waals surface area contributed by atoms with Crippen molar-refractivity contribution in [2.45, 2.75) is 11.0 Å². The van der Waals surface area contributed by atoms with Crippen LogP contribution in [0, 0.1) is 5.41 Å². The number of rotatable bonds is 4. The molecule has 0 radical (unpaired) electrons. The van der Waals surface area contributed by atoms with E-state index in [0.29, 0.717) is 16.7 Å². The zero-order valence-corrected chi connectivity index (χ0v) is 9.20. The van der Waals surface area contributed by atoms with E-state index in [2.05, 4.69) is 9.97 Å². The Morgan fingerprint density at radius 2 is 2.31 bits per heavy atom. The van der Waals surface area contributed by atoms with Gasteiger partial charge < -0.3 is 10.2 Å². The first-order valence-corrected chi connectivity index (χ1v) is 5.56. The van der Waals surface area contributed by atoms with Crippen molar-refractivity contribution < 1.29 is 4.42 Å². The van der Waals surface area contributed by atoms with E-state index in [1.54, 1.807) is 18.5 Å². The van der Waals surface area contributed by atoms with E-state index >= 15 is 0 Å². The van der Waals surface area contributed by atoms with Crippen LogP contribution in [0.25, 0.3) is 0 Å². The number of aromatic nitrogens is 2. The second kappa shape index (κ2) is 4.80. The summed E-state index contributed by atoms with van der Waals surface area (Å²) in [5.41, 5.74) is 6.88. The third kappa shape index (κ3) is 2.60. The number of hydrogen-bond donors (Lipinski definition) is 2. The Kier molecular flexibility index (Phi) is 3.21. The number of oxazole rings is 1. The lowest BCUT2D eigenvalue weighted by Crippen LogP contribution is -2.13. The normalized spacial score (nSPS) is 10.2. The highest BCUT2D eigenvalue weighted by Gasteiger charge is 2.03. The van der Waals surface area contributed by atoms with Gasteiger partial charge in [0.1, 0.15) is 17.8 Å². The molecule has 0 aliphatic carbocycles. The van der Waals surface area contributed by atoms with Crippen LogP contribution >= 0.6 is 11.8 Å². The number of nitrogens with zero attached hydrogens (tertiary/aromatic N) is 2. The van der Waals surface area contributed by atoms with Crippen molar-refractivity contribution >= 4 is 17.6 Å². The molecule has 0 saturated carbocycles. The van der Waals surface area contributed by atoms with E-state index in [-0.39, 0.29) is 5.84 Å². The van der Waals surface area contributed by atoms with Gasteiger partial charge in [0.2, 0.25) is 0 Å². The summed E-state index contributed by atoms with van der Waals surface area (Å²) in [6, 6.07) is 3.67. The van der Waals surface area contributed by atoms with Crippen molar-refractivity contribution in [3.8, 4) is 0 Å². The summed E-state index contributed by atoms with van der Waals surface area (Å²) in [4.78, 5) is 7.99. The van der Waals surface area contributed by atoms with Crippen molar-refractivity contribution in [1.82, 2.24) is 9.97 Å². The van der Waals surface area contributed by atoms with E-state index in [4.69, 9.17) is 15.6 Å². The maximum absolute atomic E-state index is 7.28. The van der Waals surface area contributed by atoms with Crippen LogP contribution in [0.2, 0.25) is 0 Å². The van der Waals surface area contributed by atoms with E-state index in [9.17, 15) is 0 Å². The SMILES string of the molecule is N=C(N)c1cc(CSc2ncco2)ccn1. The van der Waals surface area contributed by atoms with Gasteiger partial charge in [0.15, 0.2) is 0 Å². The molecule has 82 valence electrons. The van der Waals surface area contributed by atoms with Gasteiger partial charge in [0.05, 0.1) is 6.20 Å². The van der Waals surface area contributed by atoms with Crippen molar-refractivity contribution in [2.75, 3.05) is 0 Å². The number of nitrogen functional groups attached to an aromatic ring is 1. The van der Waals surface area contributed by atoms with Gasteiger partial charge in [-0.05, 0) is 17.7 Å². The fourth-order valence-electron chi connectivity index (χ4n) is 1.14. The number of nitrogens with one attached hydrogen (secondary N) is 1. The van der Waals surface area contributed by atoms with Crippen molar-refractivity contribution in [2.24, 2.45) is 5.73 Å². The van der Waals surface area contributed by atoms with Gasteiger partial charge in [-0.25, -0.2) is 4.98 Å². The van der Waals surface area contributed by atoms with Crippen LogP contribution in [0.5, 0.6) is 0 Å². The highest BCUT2D eigenvalue weighted by Crippen LogP contribution is 2.20. The summed E-state index contributed by atoms with van der Waals surface area (Å²) in [5.74, 6) is 0.687. The molecule has 0 amide bonds. The van der Waals surface area contributed by atoms with Gasteiger partial charge >= 0.3 is 0 Å². The lowest BCUT2D eigenvalue weighted by Gasteiger charge is -2.01. The molecule has 0 bridgehead atoms. The van der Waals surface area contributed by atoms with E-state index < -0.39 is 0 Å². The average Bonchev–Trinajstić information content (AvgIpc) is 2.79. The monoisotopic (exact) mass is 234 g/mol. The molecule has 2 aromatic rings. The maximum atomic E-state index is 7.28. The van der Waals surface area contributed by atoms with E-state index in [1.165, 1.54) is 18.0 Å². The smallest absolute Gasteiger partial charge is 0.255 e. The first-order chi connectivity index (χ1) is 7.75. The van der Waals surface area contributed by atoms with Crippen molar-refractivity contribution in [1.29, 1.82) is 5.41 Å². The van der Waals surface area contributed by atoms with Gasteiger partial charge in [-0.2, -0.15) is 0 Å². The van der Waals surface area contributed by atoms with Gasteiger partial charge in [-0.1, -0.05) is 11.8 Å². The van der Waals surface area contributed by atoms with Crippen molar-refractivity contribution in [3.63, 3.8) is 0 Å². The summed E-state index contributed by atoms with van der Waals surface area (Å²) in [6.07, 6.45) is 4.79. The number of amidine groups is 1. The fourth-order valence-corrected chi connectivity index (χ4v) is 1.87. The van der Waals surface area contributed by atoms with Crippen molar-refractivity contribution in [3.05, 3.63) is 42.0 Å². The van der Waals surface area contributed by atoms with E-state index in [1.807, 2.05) is 6.07 Å². The van der Waals surface area contributed by atoms with Gasteiger partial charge in [-0.3, -0.25) is 10.4 Å². The molecule has 0 aliphatic rings. The molecular formula is C10H10N4OS. The lowest BCUT2D eigenvalue weighted by molar-refractivity contribution is 0.454. The standard InChI is InChI=1S/C10H10N4OS/c11-9(12)8-5-7(1-2-13-8)6-16-10-14-3-4-15-10/h1-5H,6H2,(H3,11,12). The molecule has 2 rings (SSSR count). The minimum absolute atomic E-state index is 0.0250. The van der Waals surface area contributed by atoms with Crippen LogP contribution in [-0.4, -0.2) is 15.8 Å². The molecule has 5 nitrogen and oxygen atoms in total. The Balaban J connectivity index is 2.04. The predicted molar refractivity (Wildman–Crippen MR) is 61.3 cm³/mol. The molecule has 3 N–H and O–H groups in total. The highest BCUT2D eigenvalue weighted by atomic mass is 32.2. The number of hydrogen-bond acceptors (Lipinski definition) is 5. The van der Waals surface area contributed by atoms with Crippen LogP contribution in [0.1, 0.15) is 11.3 Å². The highest BCUT2D eigenvalue weighted by molar-refractivity contribution is 7.98. The molecule has 0 saturated heterocycles. The van der Waals surface area contributed by atoms with Crippen LogP contribution in [-0.2, 0) is 5.75 Å². The van der Waals surface area contributed by atoms with Gasteiger partial charge in [0, 0.05) is 11.9 Å². The molecule has 2 heterocycles. The largest absolute Gasteiger partial charge is 0.440 e. The zero-order valence-electron chi connectivity index (χ0n) is 8.38. The molecule has 6 heteroatoms. The Morgan fingerprint density at radius 3 is 3.00 bits per heavy atom. The van der Waals surface area contributed by atoms with Crippen LogP contribution in [0.3, 0.4) is 0 Å². The minimum Gasteiger partial charge on any atom is -0.440 e. The second-order valence-electron chi connectivity index (χ2n) is 3.05. The summed E-state index contributed by atoms with van der Waals surface area (Å²) in [5, 5.41) is 7.91. The molecule has 0 atom stereocenters. The third-order valence-corrected chi connectivity index (χ3v) is 2.80. The van der Waals surface area contributed by atoms with Gasteiger partial charge in [-0.15, -0.1) is 0 Å². The summed E-state index contributed by atoms with van der Waals surface area (Å²) in [7, 11) is 0. The predicted octanol–water partition coefficient (Wildman–Crippen LogP) is 1.65. The molecule has 0 spiro atoms. The molecule has 2 aromatic heterocycles. The number of pyridine rings is 1. The van der Waals surface area contributed by atoms with Crippen LogP contribution in [0.15, 0.2) is 40.4 Å². The maximum Gasteiger partial charge on any atom is 0.255 e. The zero-order chi connectivity index (χ0) is 11.4. The minimum atomic E-state index is -0.0250. The molecular weight excluding hydrogens is 224 g/mol. The second-order valence-corrected chi connectivity index (χ2v) is 3.98. The Bertz CT molecular complexity index is 483. The summed E-state index contributed by atoms with van der Waals surface area (Å²) < 4.78 is 5.10. The van der Waals surface area contributed by atoms with Crippen LogP contribution < -0.4 is 5.73 Å². The molecule has 0 unspecified atom stereocenters. The fraction of sp³-hybridized carbons (Fsp3) is 0.100. The molecule has 0 aromatic carbocycles. The quantitative estimate of drug-likeness (QED) is 0.477. The molecule has 16 heavy (non-hydrogen) atoms.